The molecule has 1 aliphatic heterocycles. The van der Waals surface area contributed by atoms with E-state index in [2.05, 4.69) is 15.3 Å². The van der Waals surface area contributed by atoms with Gasteiger partial charge in [0, 0.05) is 41.1 Å². The number of nitrogens with one attached hydrogen (secondary N) is 3. The molecular weight excluding hydrogens is 444 g/mol. The van der Waals surface area contributed by atoms with E-state index in [0.29, 0.717) is 29.3 Å². The largest absolute Gasteiger partial charge is 0.462 e. The number of nitrogens with zero attached hydrogens (tertiary/aromatic N) is 1. The highest BCUT2D eigenvalue weighted by Crippen LogP contribution is 2.29. The molecule has 1 atom stereocenters. The number of rotatable bonds is 8. The molecule has 1 aliphatic rings. The van der Waals surface area contributed by atoms with Crippen LogP contribution in [0, 0.1) is 0 Å². The van der Waals surface area contributed by atoms with Crippen LogP contribution in [0.3, 0.4) is 0 Å². The maximum Gasteiger partial charge on any atom is 0.340 e. The van der Waals surface area contributed by atoms with E-state index in [1.807, 2.05) is 20.8 Å². The molecule has 3 heterocycles. The molecule has 0 radical (unpaired) electrons. The molecule has 1 fully saturated rings. The molecule has 0 unspecified atom stereocenters. The molecule has 0 aliphatic carbocycles. The van der Waals surface area contributed by atoms with Gasteiger partial charge in [-0.05, 0) is 57.9 Å². The Balaban J connectivity index is 1.84. The first-order valence-electron chi connectivity index (χ1n) is 11.3. The fourth-order valence-corrected chi connectivity index (χ4v) is 6.06. The lowest BCUT2D eigenvalue weighted by molar-refractivity contribution is 0.0507. The van der Waals surface area contributed by atoms with Crippen LogP contribution >= 0.6 is 0 Å². The molecule has 2 aromatic heterocycles. The van der Waals surface area contributed by atoms with Crippen molar-refractivity contribution >= 4 is 37.8 Å². The topological polar surface area (TPSA) is 124 Å². The molecule has 1 aromatic carbocycles. The van der Waals surface area contributed by atoms with E-state index >= 15 is 0 Å². The molecule has 1 saturated heterocycles. The van der Waals surface area contributed by atoms with E-state index in [4.69, 9.17) is 4.74 Å². The third-order valence-corrected chi connectivity index (χ3v) is 8.06. The van der Waals surface area contributed by atoms with E-state index in [0.717, 1.165) is 19.4 Å². The van der Waals surface area contributed by atoms with Gasteiger partial charge in [0.1, 0.15) is 5.52 Å². The molecule has 3 N–H and O–H groups in total. The fourth-order valence-electron chi connectivity index (χ4n) is 4.35. The van der Waals surface area contributed by atoms with E-state index in [-0.39, 0.29) is 34.7 Å². The van der Waals surface area contributed by atoms with Gasteiger partial charge in [-0.25, -0.2) is 13.2 Å². The number of hydrogen-bond donors (Lipinski definition) is 3. The van der Waals surface area contributed by atoms with Crippen molar-refractivity contribution < 1.29 is 17.9 Å². The number of aromatic nitrogens is 2. The van der Waals surface area contributed by atoms with Crippen LogP contribution in [0.25, 0.3) is 21.8 Å². The van der Waals surface area contributed by atoms with Crippen molar-refractivity contribution in [3.63, 3.8) is 0 Å². The quantitative estimate of drug-likeness (QED) is 0.431. The van der Waals surface area contributed by atoms with E-state index < -0.39 is 21.6 Å². The minimum atomic E-state index is -3.81. The van der Waals surface area contributed by atoms with E-state index in [9.17, 15) is 18.0 Å². The lowest BCUT2D eigenvalue weighted by Gasteiger charge is -2.28. The van der Waals surface area contributed by atoms with Crippen LogP contribution in [0.4, 0.5) is 0 Å². The molecule has 3 aromatic rings. The zero-order valence-corrected chi connectivity index (χ0v) is 19.9. The molecule has 10 heteroatoms. The van der Waals surface area contributed by atoms with Crippen LogP contribution in [0.1, 0.15) is 50.4 Å². The highest BCUT2D eigenvalue weighted by Gasteiger charge is 2.31. The van der Waals surface area contributed by atoms with Gasteiger partial charge in [-0.15, -0.1) is 0 Å². The van der Waals surface area contributed by atoms with Gasteiger partial charge in [-0.1, -0.05) is 6.92 Å². The van der Waals surface area contributed by atoms with Crippen molar-refractivity contribution in [1.29, 1.82) is 0 Å². The molecule has 178 valence electrons. The number of H-pyrrole nitrogens is 2. The molecule has 9 nitrogen and oxygen atoms in total. The lowest BCUT2D eigenvalue weighted by Crippen LogP contribution is -2.44. The van der Waals surface area contributed by atoms with Crippen molar-refractivity contribution in [2.75, 3.05) is 19.7 Å². The Kier molecular flexibility index (Phi) is 6.60. The summed E-state index contributed by atoms with van der Waals surface area (Å²) in [6.07, 6.45) is 4.07. The average Bonchev–Trinajstić information content (AvgIpc) is 3.45. The van der Waals surface area contributed by atoms with Crippen LogP contribution in [-0.2, 0) is 14.8 Å². The summed E-state index contributed by atoms with van der Waals surface area (Å²) in [4.78, 5) is 30.9. The minimum Gasteiger partial charge on any atom is -0.462 e. The van der Waals surface area contributed by atoms with Gasteiger partial charge in [0.25, 0.3) is 5.56 Å². The molecule has 4 rings (SSSR count). The predicted octanol–water partition coefficient (Wildman–Crippen LogP) is 2.73. The fraction of sp³-hybridized carbons (Fsp3) is 0.478. The van der Waals surface area contributed by atoms with Gasteiger partial charge in [-0.3, -0.25) is 4.79 Å². The zero-order valence-electron chi connectivity index (χ0n) is 19.1. The van der Waals surface area contributed by atoms with Crippen molar-refractivity contribution in [2.24, 2.45) is 0 Å². The van der Waals surface area contributed by atoms with Gasteiger partial charge < -0.3 is 20.0 Å². The normalized spacial score (nSPS) is 16.9. The molecule has 33 heavy (non-hydrogen) atoms. The van der Waals surface area contributed by atoms with Crippen LogP contribution in [-0.4, -0.2) is 60.4 Å². The summed E-state index contributed by atoms with van der Waals surface area (Å²) in [6, 6.07) is 4.50. The Bertz CT molecular complexity index is 1340. The van der Waals surface area contributed by atoms with Crippen molar-refractivity contribution in [3.8, 4) is 0 Å². The highest BCUT2D eigenvalue weighted by atomic mass is 32.2. The number of carbonyl (C=O) groups excluding carboxylic acids is 1. The number of aromatic amines is 2. The Morgan fingerprint density at radius 3 is 2.76 bits per heavy atom. The van der Waals surface area contributed by atoms with Gasteiger partial charge in [-0.2, -0.15) is 4.31 Å². The molecule has 0 spiro atoms. The third-order valence-electron chi connectivity index (χ3n) is 6.02. The Labute approximate surface area is 192 Å². The first kappa shape index (κ1) is 23.5. The van der Waals surface area contributed by atoms with E-state index in [1.165, 1.54) is 22.6 Å². The maximum absolute atomic E-state index is 13.6. The number of pyridine rings is 1. The monoisotopic (exact) mass is 474 g/mol. The van der Waals surface area contributed by atoms with Crippen LogP contribution < -0.4 is 10.9 Å². The number of hydrogen-bond acceptors (Lipinski definition) is 6. The number of benzene rings is 1. The number of fused-ring (bicyclic) bond motifs is 3. The predicted molar refractivity (Wildman–Crippen MR) is 127 cm³/mol. The summed E-state index contributed by atoms with van der Waals surface area (Å²) in [5.41, 5.74) is 0.472. The summed E-state index contributed by atoms with van der Waals surface area (Å²) in [7, 11) is -3.81. The Hall–Kier alpha value is -2.69. The van der Waals surface area contributed by atoms with Gasteiger partial charge in [0.05, 0.1) is 17.1 Å². The zero-order chi connectivity index (χ0) is 23.8. The van der Waals surface area contributed by atoms with Crippen LogP contribution in [0.15, 0.2) is 34.1 Å². The summed E-state index contributed by atoms with van der Waals surface area (Å²) >= 11 is 0. The first-order chi connectivity index (χ1) is 15.7. The molecular formula is C23H30N4O5S. The molecule has 0 amide bonds. The third kappa shape index (κ3) is 4.42. The Morgan fingerprint density at radius 1 is 1.30 bits per heavy atom. The van der Waals surface area contributed by atoms with Gasteiger partial charge in [0.15, 0.2) is 0 Å². The van der Waals surface area contributed by atoms with Crippen molar-refractivity contribution in [1.82, 2.24) is 19.6 Å². The average molecular weight is 475 g/mol. The second-order valence-corrected chi connectivity index (χ2v) is 10.6. The number of esters is 1. The SMILES string of the molecule is CCCOC(=O)c1c[nH]c2c(=O)[nH]c3ccc(S(=O)(=O)N(C[C@@H]4CCCN4)C(C)C)cc3c12. The second kappa shape index (κ2) is 9.28. The standard InChI is InChI=1S/C23H30N4O5S/c1-4-10-32-23(29)18-12-25-21-20(18)17-11-16(7-8-19(17)26-22(21)28)33(30,31)27(14(2)3)13-15-6-5-9-24-15/h7-8,11-12,14-15,24-25H,4-6,9-10,13H2,1-3H3,(H,26,28)/t15-/m0/s1. The second-order valence-electron chi connectivity index (χ2n) is 8.71. The van der Waals surface area contributed by atoms with Crippen LogP contribution in [0.2, 0.25) is 0 Å². The smallest absolute Gasteiger partial charge is 0.340 e. The first-order valence-corrected chi connectivity index (χ1v) is 12.8. The van der Waals surface area contributed by atoms with Gasteiger partial charge in [0.2, 0.25) is 10.0 Å². The highest BCUT2D eigenvalue weighted by molar-refractivity contribution is 7.89. The van der Waals surface area contributed by atoms with Crippen molar-refractivity contribution in [3.05, 3.63) is 40.3 Å². The minimum absolute atomic E-state index is 0.115. The molecule has 0 bridgehead atoms. The summed E-state index contributed by atoms with van der Waals surface area (Å²) < 4.78 is 34.0. The van der Waals surface area contributed by atoms with E-state index in [1.54, 1.807) is 6.07 Å². The number of ether oxygens (including phenoxy) is 1. The number of sulfonamides is 1. The van der Waals surface area contributed by atoms with Crippen LogP contribution in [0.5, 0.6) is 0 Å². The lowest BCUT2D eigenvalue weighted by atomic mass is 10.1. The van der Waals surface area contributed by atoms with Gasteiger partial charge >= 0.3 is 5.97 Å². The Morgan fingerprint density at radius 2 is 2.09 bits per heavy atom. The maximum atomic E-state index is 13.6. The molecule has 0 saturated carbocycles. The number of carbonyl (C=O) groups is 1. The summed E-state index contributed by atoms with van der Waals surface area (Å²) in [5.74, 6) is -0.556. The summed E-state index contributed by atoms with van der Waals surface area (Å²) in [5, 5.41) is 4.19. The van der Waals surface area contributed by atoms with Crippen molar-refractivity contribution in [2.45, 2.75) is 57.0 Å². The summed E-state index contributed by atoms with van der Waals surface area (Å²) in [6.45, 7) is 7.14.